The largest absolute Gasteiger partial charge is 0.314 e. The molecule has 12 heavy (non-hydrogen) atoms. The van der Waals surface area contributed by atoms with E-state index in [0.29, 0.717) is 12.0 Å². The van der Waals surface area contributed by atoms with E-state index in [4.69, 9.17) is 0 Å². The molecule has 1 aliphatic heterocycles. The van der Waals surface area contributed by atoms with E-state index in [1.54, 1.807) is 0 Å². The van der Waals surface area contributed by atoms with Crippen LogP contribution in [-0.4, -0.2) is 22.8 Å². The molecule has 1 aliphatic rings. The molecule has 3 nitrogen and oxygen atoms in total. The summed E-state index contributed by atoms with van der Waals surface area (Å²) in [4.78, 5) is 0. The Labute approximate surface area is 72.6 Å². The standard InChI is InChI=1S/C9H15N3/c1-7-2-3-8(4-10-7)9-5-11-12-6-9/h5-8,10H,2-4H2,1H3,(H,11,12)/t7-,8+/m1/s1. The van der Waals surface area contributed by atoms with E-state index >= 15 is 0 Å². The predicted molar refractivity (Wildman–Crippen MR) is 48.0 cm³/mol. The maximum Gasteiger partial charge on any atom is 0.0522 e. The van der Waals surface area contributed by atoms with E-state index in [0.717, 1.165) is 6.54 Å². The molecule has 0 spiro atoms. The minimum Gasteiger partial charge on any atom is -0.314 e. The van der Waals surface area contributed by atoms with Crippen LogP contribution in [0.25, 0.3) is 0 Å². The summed E-state index contributed by atoms with van der Waals surface area (Å²) in [5, 5.41) is 10.3. The lowest BCUT2D eigenvalue weighted by molar-refractivity contribution is 0.385. The summed E-state index contributed by atoms with van der Waals surface area (Å²) in [6.07, 6.45) is 6.49. The summed E-state index contributed by atoms with van der Waals surface area (Å²) >= 11 is 0. The highest BCUT2D eigenvalue weighted by atomic mass is 15.1. The molecule has 0 radical (unpaired) electrons. The Hall–Kier alpha value is -0.830. The van der Waals surface area contributed by atoms with Crippen LogP contribution in [0.15, 0.2) is 12.4 Å². The van der Waals surface area contributed by atoms with Crippen molar-refractivity contribution in [3.05, 3.63) is 18.0 Å². The van der Waals surface area contributed by atoms with Crippen LogP contribution in [-0.2, 0) is 0 Å². The summed E-state index contributed by atoms with van der Waals surface area (Å²) < 4.78 is 0. The smallest absolute Gasteiger partial charge is 0.0522 e. The van der Waals surface area contributed by atoms with Gasteiger partial charge in [-0.15, -0.1) is 0 Å². The Balaban J connectivity index is 1.99. The van der Waals surface area contributed by atoms with Gasteiger partial charge in [0.25, 0.3) is 0 Å². The third-order valence-corrected chi connectivity index (χ3v) is 2.65. The van der Waals surface area contributed by atoms with E-state index in [1.807, 2.05) is 12.4 Å². The molecular formula is C9H15N3. The quantitative estimate of drug-likeness (QED) is 0.658. The third kappa shape index (κ3) is 1.50. The zero-order valence-corrected chi connectivity index (χ0v) is 7.38. The zero-order chi connectivity index (χ0) is 8.39. The number of H-pyrrole nitrogens is 1. The summed E-state index contributed by atoms with van der Waals surface area (Å²) in [6, 6.07) is 0.688. The van der Waals surface area contributed by atoms with Gasteiger partial charge in [0, 0.05) is 18.8 Å². The highest BCUT2D eigenvalue weighted by molar-refractivity contribution is 5.11. The lowest BCUT2D eigenvalue weighted by Crippen LogP contribution is -2.35. The minimum absolute atomic E-state index is 0.667. The lowest BCUT2D eigenvalue weighted by atomic mass is 9.91. The maximum absolute atomic E-state index is 3.96. The molecule has 1 aromatic rings. The van der Waals surface area contributed by atoms with Gasteiger partial charge in [0.1, 0.15) is 0 Å². The van der Waals surface area contributed by atoms with Gasteiger partial charge in [-0.2, -0.15) is 5.10 Å². The lowest BCUT2D eigenvalue weighted by Gasteiger charge is -2.26. The first-order chi connectivity index (χ1) is 5.86. The summed E-state index contributed by atoms with van der Waals surface area (Å²) in [6.45, 7) is 3.34. The van der Waals surface area contributed by atoms with Gasteiger partial charge >= 0.3 is 0 Å². The van der Waals surface area contributed by atoms with Crippen molar-refractivity contribution in [1.82, 2.24) is 15.5 Å². The summed E-state index contributed by atoms with van der Waals surface area (Å²) in [5.74, 6) is 0.667. The molecule has 2 heterocycles. The van der Waals surface area contributed by atoms with Crippen LogP contribution in [0.2, 0.25) is 0 Å². The van der Waals surface area contributed by atoms with Crippen LogP contribution in [0.4, 0.5) is 0 Å². The van der Waals surface area contributed by atoms with Crippen molar-refractivity contribution in [2.75, 3.05) is 6.54 Å². The van der Waals surface area contributed by atoms with Crippen LogP contribution in [0.3, 0.4) is 0 Å². The molecule has 66 valence electrons. The second kappa shape index (κ2) is 3.27. The predicted octanol–water partition coefficient (Wildman–Crippen LogP) is 1.27. The average molecular weight is 165 g/mol. The number of rotatable bonds is 1. The van der Waals surface area contributed by atoms with E-state index in [9.17, 15) is 0 Å². The van der Waals surface area contributed by atoms with Gasteiger partial charge < -0.3 is 5.32 Å². The number of hydrogen-bond donors (Lipinski definition) is 2. The minimum atomic E-state index is 0.667. The van der Waals surface area contributed by atoms with Crippen molar-refractivity contribution < 1.29 is 0 Å². The van der Waals surface area contributed by atoms with Crippen molar-refractivity contribution in [2.24, 2.45) is 0 Å². The average Bonchev–Trinajstić information content (AvgIpc) is 2.58. The molecule has 1 saturated heterocycles. The van der Waals surface area contributed by atoms with Gasteiger partial charge in [-0.05, 0) is 31.2 Å². The third-order valence-electron chi connectivity index (χ3n) is 2.65. The number of aromatic amines is 1. The van der Waals surface area contributed by atoms with Crippen molar-refractivity contribution in [2.45, 2.75) is 31.7 Å². The van der Waals surface area contributed by atoms with E-state index in [2.05, 4.69) is 22.4 Å². The number of aromatic nitrogens is 2. The Morgan fingerprint density at radius 3 is 3.00 bits per heavy atom. The molecule has 0 bridgehead atoms. The van der Waals surface area contributed by atoms with Gasteiger partial charge in [0.05, 0.1) is 6.20 Å². The molecule has 0 aliphatic carbocycles. The Kier molecular flexibility index (Phi) is 2.13. The molecule has 2 N–H and O–H groups in total. The molecule has 0 aromatic carbocycles. The van der Waals surface area contributed by atoms with Crippen molar-refractivity contribution >= 4 is 0 Å². The van der Waals surface area contributed by atoms with Gasteiger partial charge in [-0.1, -0.05) is 0 Å². The molecule has 2 rings (SSSR count). The van der Waals surface area contributed by atoms with Gasteiger partial charge in [0.15, 0.2) is 0 Å². The Morgan fingerprint density at radius 2 is 2.42 bits per heavy atom. The normalized spacial score (nSPS) is 30.4. The molecule has 2 atom stereocenters. The fraction of sp³-hybridized carbons (Fsp3) is 0.667. The molecule has 1 aromatic heterocycles. The molecule has 0 amide bonds. The SMILES string of the molecule is C[C@@H]1CC[C@H](c2cn[nH]c2)CN1. The number of nitrogens with one attached hydrogen (secondary N) is 2. The number of piperidine rings is 1. The molecule has 0 unspecified atom stereocenters. The van der Waals surface area contributed by atoms with Crippen LogP contribution in [0.5, 0.6) is 0 Å². The number of nitrogens with zero attached hydrogens (tertiary/aromatic N) is 1. The van der Waals surface area contributed by atoms with Gasteiger partial charge in [-0.25, -0.2) is 0 Å². The highest BCUT2D eigenvalue weighted by Crippen LogP contribution is 2.23. The summed E-state index contributed by atoms with van der Waals surface area (Å²) in [7, 11) is 0. The van der Waals surface area contributed by atoms with Crippen LogP contribution >= 0.6 is 0 Å². The number of hydrogen-bond acceptors (Lipinski definition) is 2. The Morgan fingerprint density at radius 1 is 1.50 bits per heavy atom. The van der Waals surface area contributed by atoms with Crippen molar-refractivity contribution in [3.63, 3.8) is 0 Å². The topological polar surface area (TPSA) is 40.7 Å². The van der Waals surface area contributed by atoms with Crippen molar-refractivity contribution in [1.29, 1.82) is 0 Å². The van der Waals surface area contributed by atoms with E-state index in [-0.39, 0.29) is 0 Å². The van der Waals surface area contributed by atoms with Crippen LogP contribution in [0.1, 0.15) is 31.2 Å². The first-order valence-corrected chi connectivity index (χ1v) is 4.58. The monoisotopic (exact) mass is 165 g/mol. The zero-order valence-electron chi connectivity index (χ0n) is 7.38. The molecular weight excluding hydrogens is 150 g/mol. The second-order valence-electron chi connectivity index (χ2n) is 3.62. The molecule has 1 fully saturated rings. The van der Waals surface area contributed by atoms with Crippen LogP contribution in [0, 0.1) is 0 Å². The van der Waals surface area contributed by atoms with E-state index < -0.39 is 0 Å². The highest BCUT2D eigenvalue weighted by Gasteiger charge is 2.19. The summed E-state index contributed by atoms with van der Waals surface area (Å²) in [5.41, 5.74) is 1.34. The Bertz CT molecular complexity index is 222. The first kappa shape index (κ1) is 7.80. The van der Waals surface area contributed by atoms with Crippen molar-refractivity contribution in [3.8, 4) is 0 Å². The maximum atomic E-state index is 3.96. The fourth-order valence-electron chi connectivity index (χ4n) is 1.77. The first-order valence-electron chi connectivity index (χ1n) is 4.58. The van der Waals surface area contributed by atoms with Crippen LogP contribution < -0.4 is 5.32 Å². The molecule has 0 saturated carbocycles. The second-order valence-corrected chi connectivity index (χ2v) is 3.62. The molecule has 3 heteroatoms. The van der Waals surface area contributed by atoms with E-state index in [1.165, 1.54) is 18.4 Å². The van der Waals surface area contributed by atoms with Gasteiger partial charge in [0.2, 0.25) is 0 Å². The fourth-order valence-corrected chi connectivity index (χ4v) is 1.77. The van der Waals surface area contributed by atoms with Gasteiger partial charge in [-0.3, -0.25) is 5.10 Å².